The molecule has 4 aromatic rings. The summed E-state index contributed by atoms with van der Waals surface area (Å²) in [6.45, 7) is 1.38. The number of aliphatic hydroxyl groups is 1. The summed E-state index contributed by atoms with van der Waals surface area (Å²) in [6, 6.07) is 17.2. The van der Waals surface area contributed by atoms with Crippen molar-refractivity contribution >= 4 is 16.5 Å². The first-order chi connectivity index (χ1) is 17.5. The highest BCUT2D eigenvalue weighted by Gasteiger charge is 2.25. The standard InChI is InChI=1S/C28H25F2N5O/c29-25-5-4-18(12-21(25)16-31)20-13-19-6-9-32-17-24(19)26(14-20)33-22-7-10-35(11-8-22)28(36)15-23-2-1-3-27(30)34-23/h1-6,9,12-14,17,22,28,33,36H,7-8,10-11,15H2. The smallest absolute Gasteiger partial charge is 0.213 e. The Bertz CT molecular complexity index is 1430. The van der Waals surface area contributed by atoms with Gasteiger partial charge in [-0.15, -0.1) is 0 Å². The summed E-state index contributed by atoms with van der Waals surface area (Å²) in [7, 11) is 0. The number of rotatable bonds is 6. The zero-order valence-electron chi connectivity index (χ0n) is 19.5. The second-order valence-corrected chi connectivity index (χ2v) is 9.02. The lowest BCUT2D eigenvalue weighted by Crippen LogP contribution is -2.45. The van der Waals surface area contributed by atoms with E-state index < -0.39 is 18.0 Å². The molecule has 0 aliphatic carbocycles. The van der Waals surface area contributed by atoms with Crippen LogP contribution in [0.2, 0.25) is 0 Å². The molecule has 6 nitrogen and oxygen atoms in total. The number of hydrogen-bond donors (Lipinski definition) is 2. The number of anilines is 1. The summed E-state index contributed by atoms with van der Waals surface area (Å²) in [5.41, 5.74) is 3.10. The van der Waals surface area contributed by atoms with Gasteiger partial charge in [0.1, 0.15) is 18.1 Å². The summed E-state index contributed by atoms with van der Waals surface area (Å²) in [4.78, 5) is 10.1. The fourth-order valence-corrected chi connectivity index (χ4v) is 4.72. The Morgan fingerprint density at radius 1 is 1.08 bits per heavy atom. The van der Waals surface area contributed by atoms with Crippen molar-refractivity contribution in [2.75, 3.05) is 18.4 Å². The van der Waals surface area contributed by atoms with Crippen molar-refractivity contribution in [3.8, 4) is 17.2 Å². The maximum atomic E-state index is 13.9. The van der Waals surface area contributed by atoms with Crippen molar-refractivity contribution in [2.45, 2.75) is 31.5 Å². The van der Waals surface area contributed by atoms with E-state index in [1.54, 1.807) is 30.5 Å². The van der Waals surface area contributed by atoms with E-state index in [0.717, 1.165) is 40.4 Å². The first-order valence-electron chi connectivity index (χ1n) is 11.9. The van der Waals surface area contributed by atoms with E-state index in [-0.39, 0.29) is 18.0 Å². The van der Waals surface area contributed by atoms with E-state index >= 15 is 0 Å². The zero-order valence-corrected chi connectivity index (χ0v) is 19.5. The molecule has 36 heavy (non-hydrogen) atoms. The highest BCUT2D eigenvalue weighted by atomic mass is 19.1. The molecule has 5 rings (SSSR count). The molecule has 0 spiro atoms. The van der Waals surface area contributed by atoms with Gasteiger partial charge in [-0.3, -0.25) is 9.88 Å². The lowest BCUT2D eigenvalue weighted by Gasteiger charge is -2.35. The molecule has 0 amide bonds. The molecule has 1 unspecified atom stereocenters. The Kier molecular flexibility index (Phi) is 6.85. The summed E-state index contributed by atoms with van der Waals surface area (Å²) in [5, 5.41) is 25.5. The average Bonchev–Trinajstić information content (AvgIpc) is 2.89. The van der Waals surface area contributed by atoms with Crippen LogP contribution < -0.4 is 5.32 Å². The zero-order chi connectivity index (χ0) is 25.1. The van der Waals surface area contributed by atoms with Gasteiger partial charge in [-0.05, 0) is 71.8 Å². The van der Waals surface area contributed by atoms with E-state index in [2.05, 4.69) is 15.3 Å². The van der Waals surface area contributed by atoms with Crippen molar-refractivity contribution in [3.63, 3.8) is 0 Å². The number of halogens is 2. The van der Waals surface area contributed by atoms with Crippen molar-refractivity contribution < 1.29 is 13.9 Å². The third-order valence-electron chi connectivity index (χ3n) is 6.65. The van der Waals surface area contributed by atoms with Gasteiger partial charge in [0.05, 0.1) is 5.56 Å². The van der Waals surface area contributed by atoms with E-state index in [1.165, 1.54) is 12.1 Å². The third-order valence-corrected chi connectivity index (χ3v) is 6.65. The van der Waals surface area contributed by atoms with Crippen molar-refractivity contribution in [1.29, 1.82) is 5.26 Å². The maximum Gasteiger partial charge on any atom is 0.213 e. The first-order valence-corrected chi connectivity index (χ1v) is 11.9. The molecule has 1 saturated heterocycles. The summed E-state index contributed by atoms with van der Waals surface area (Å²) >= 11 is 0. The van der Waals surface area contributed by atoms with E-state index in [1.807, 2.05) is 35.4 Å². The van der Waals surface area contributed by atoms with Crippen molar-refractivity contribution in [3.05, 3.63) is 90.0 Å². The fraction of sp³-hybridized carbons (Fsp3) is 0.250. The molecule has 1 fully saturated rings. The van der Waals surface area contributed by atoms with Crippen LogP contribution in [0.4, 0.5) is 14.5 Å². The largest absolute Gasteiger partial charge is 0.382 e. The number of piperidine rings is 1. The molecule has 8 heteroatoms. The van der Waals surface area contributed by atoms with Crippen LogP contribution in [0.25, 0.3) is 21.9 Å². The van der Waals surface area contributed by atoms with Crippen LogP contribution in [-0.4, -0.2) is 45.3 Å². The van der Waals surface area contributed by atoms with Crippen LogP contribution in [0.1, 0.15) is 24.1 Å². The number of nitrogens with zero attached hydrogens (tertiary/aromatic N) is 4. The molecule has 182 valence electrons. The lowest BCUT2D eigenvalue weighted by molar-refractivity contribution is -0.00936. The van der Waals surface area contributed by atoms with Gasteiger partial charge in [0.25, 0.3) is 0 Å². The normalized spacial score (nSPS) is 15.5. The van der Waals surface area contributed by atoms with Gasteiger partial charge in [-0.2, -0.15) is 9.65 Å². The number of fused-ring (bicyclic) bond motifs is 1. The Morgan fingerprint density at radius 3 is 2.69 bits per heavy atom. The summed E-state index contributed by atoms with van der Waals surface area (Å²) in [6.07, 6.45) is 4.73. The van der Waals surface area contributed by atoms with Crippen LogP contribution >= 0.6 is 0 Å². The number of nitriles is 1. The molecule has 1 aliphatic heterocycles. The van der Waals surface area contributed by atoms with Gasteiger partial charge in [0.2, 0.25) is 5.95 Å². The second kappa shape index (κ2) is 10.4. The lowest BCUT2D eigenvalue weighted by atomic mass is 9.98. The Balaban J connectivity index is 1.32. The van der Waals surface area contributed by atoms with Gasteiger partial charge in [-0.1, -0.05) is 12.1 Å². The molecule has 0 bridgehead atoms. The van der Waals surface area contributed by atoms with Crippen LogP contribution in [-0.2, 0) is 6.42 Å². The minimum atomic E-state index is -0.721. The second-order valence-electron chi connectivity index (χ2n) is 9.02. The molecular formula is C28H25F2N5O. The third kappa shape index (κ3) is 5.18. The topological polar surface area (TPSA) is 85.1 Å². The van der Waals surface area contributed by atoms with E-state index in [9.17, 15) is 19.1 Å². The first kappa shape index (κ1) is 23.8. The molecule has 2 aromatic carbocycles. The van der Waals surface area contributed by atoms with Crippen LogP contribution in [0.5, 0.6) is 0 Å². The van der Waals surface area contributed by atoms with Gasteiger partial charge in [0, 0.05) is 54.7 Å². The number of hydrogen-bond acceptors (Lipinski definition) is 6. The quantitative estimate of drug-likeness (QED) is 0.379. The molecule has 1 atom stereocenters. The predicted molar refractivity (Wildman–Crippen MR) is 134 cm³/mol. The molecule has 1 aliphatic rings. The summed E-state index contributed by atoms with van der Waals surface area (Å²) in [5.74, 6) is -1.08. The monoisotopic (exact) mass is 485 g/mol. The Hall–Kier alpha value is -3.93. The van der Waals surface area contributed by atoms with Crippen LogP contribution in [0.15, 0.2) is 67.0 Å². The minimum Gasteiger partial charge on any atom is -0.382 e. The number of pyridine rings is 2. The van der Waals surface area contributed by atoms with E-state index in [4.69, 9.17) is 0 Å². The average molecular weight is 486 g/mol. The Morgan fingerprint density at radius 2 is 1.92 bits per heavy atom. The maximum absolute atomic E-state index is 13.9. The molecule has 0 radical (unpaired) electrons. The van der Waals surface area contributed by atoms with Gasteiger partial charge < -0.3 is 10.4 Å². The molecule has 2 N–H and O–H groups in total. The number of likely N-dealkylation sites (tertiary alicyclic amines) is 1. The van der Waals surface area contributed by atoms with Crippen LogP contribution in [0, 0.1) is 23.1 Å². The van der Waals surface area contributed by atoms with E-state index in [0.29, 0.717) is 18.8 Å². The summed E-state index contributed by atoms with van der Waals surface area (Å²) < 4.78 is 27.2. The van der Waals surface area contributed by atoms with Gasteiger partial charge in [-0.25, -0.2) is 9.37 Å². The van der Waals surface area contributed by atoms with Gasteiger partial charge in [0.15, 0.2) is 0 Å². The predicted octanol–water partition coefficient (Wildman–Crippen LogP) is 4.88. The number of nitrogens with one attached hydrogen (secondary N) is 1. The highest BCUT2D eigenvalue weighted by molar-refractivity contribution is 5.97. The number of aromatic nitrogens is 2. The molecule has 3 heterocycles. The number of benzene rings is 2. The molecular weight excluding hydrogens is 460 g/mol. The van der Waals surface area contributed by atoms with Crippen molar-refractivity contribution in [2.24, 2.45) is 0 Å². The van der Waals surface area contributed by atoms with Crippen molar-refractivity contribution in [1.82, 2.24) is 14.9 Å². The highest BCUT2D eigenvalue weighted by Crippen LogP contribution is 2.33. The minimum absolute atomic E-state index is 0.0104. The van der Waals surface area contributed by atoms with Crippen LogP contribution in [0.3, 0.4) is 0 Å². The number of aliphatic hydroxyl groups excluding tert-OH is 1. The van der Waals surface area contributed by atoms with Gasteiger partial charge >= 0.3 is 0 Å². The molecule has 2 aromatic heterocycles. The Labute approximate surface area is 207 Å². The SMILES string of the molecule is N#Cc1cc(-c2cc(NC3CCN(C(O)Cc4cccc(F)n4)CC3)c3cnccc3c2)ccc1F. The molecule has 0 saturated carbocycles. The fourth-order valence-electron chi connectivity index (χ4n) is 4.72.